The van der Waals surface area contributed by atoms with Gasteiger partial charge in [-0.2, -0.15) is 15.6 Å². The molecule has 0 aliphatic rings. The third-order valence-electron chi connectivity index (χ3n) is 3.37. The maximum atomic E-state index is 12.4. The van der Waals surface area contributed by atoms with E-state index in [0.29, 0.717) is 26.5 Å². The number of halogens is 2. The molecule has 1 aromatic carbocycles. The molecule has 0 saturated carbocycles. The van der Waals surface area contributed by atoms with Crippen LogP contribution >= 0.6 is 34.5 Å². The van der Waals surface area contributed by atoms with Crippen LogP contribution in [0.5, 0.6) is 5.75 Å². The number of hydrazone groups is 1. The maximum absolute atomic E-state index is 12.4. The second kappa shape index (κ2) is 8.85. The van der Waals surface area contributed by atoms with Crippen molar-refractivity contribution in [2.45, 2.75) is 13.2 Å². The molecule has 0 bridgehead atoms. The van der Waals surface area contributed by atoms with Crippen molar-refractivity contribution in [2.24, 2.45) is 5.73 Å². The van der Waals surface area contributed by atoms with E-state index in [1.54, 1.807) is 29.6 Å². The zero-order valence-electron chi connectivity index (χ0n) is 13.9. The topological polar surface area (TPSA) is 109 Å². The molecule has 11 heteroatoms. The molecule has 3 aromatic rings. The van der Waals surface area contributed by atoms with Crippen molar-refractivity contribution in [3.63, 3.8) is 0 Å². The van der Waals surface area contributed by atoms with Crippen molar-refractivity contribution >= 4 is 46.3 Å². The molecule has 140 valence electrons. The summed E-state index contributed by atoms with van der Waals surface area (Å²) in [6.07, 6.45) is 2.91. The molecule has 0 atom stereocenters. The minimum absolute atomic E-state index is 0.209. The zero-order chi connectivity index (χ0) is 19.2. The van der Waals surface area contributed by atoms with E-state index in [9.17, 15) is 4.79 Å². The van der Waals surface area contributed by atoms with Crippen molar-refractivity contribution in [3.05, 3.63) is 62.8 Å². The molecule has 4 N–H and O–H groups in total. The summed E-state index contributed by atoms with van der Waals surface area (Å²) in [7, 11) is 0. The highest BCUT2D eigenvalue weighted by atomic mass is 35.5. The number of carbonyl (C=O) groups is 1. The molecule has 0 aliphatic heterocycles. The summed E-state index contributed by atoms with van der Waals surface area (Å²) in [5.41, 5.74) is 9.11. The summed E-state index contributed by atoms with van der Waals surface area (Å²) in [4.78, 5) is 16.6. The number of rotatable bonds is 7. The molecule has 0 aliphatic carbocycles. The molecule has 3 rings (SSSR count). The van der Waals surface area contributed by atoms with Gasteiger partial charge >= 0.3 is 0 Å². The first-order valence-electron chi connectivity index (χ1n) is 7.67. The van der Waals surface area contributed by atoms with E-state index in [2.05, 4.69) is 20.6 Å². The predicted octanol–water partition coefficient (Wildman–Crippen LogP) is 1.01. The normalized spacial score (nSPS) is 11.4. The van der Waals surface area contributed by atoms with Crippen molar-refractivity contribution in [2.75, 3.05) is 0 Å². The maximum Gasteiger partial charge on any atom is 0.299 e. The lowest BCUT2D eigenvalue weighted by molar-refractivity contribution is -0.510. The Morgan fingerprint density at radius 3 is 2.96 bits per heavy atom. The second-order valence-electron chi connectivity index (χ2n) is 5.34. The first-order valence-corrected chi connectivity index (χ1v) is 9.31. The Hall–Kier alpha value is -2.62. The highest BCUT2D eigenvalue weighted by Crippen LogP contribution is 2.27. The van der Waals surface area contributed by atoms with E-state index in [1.807, 2.05) is 0 Å². The molecule has 2 heterocycles. The monoisotopic (exact) mass is 425 g/mol. The van der Waals surface area contributed by atoms with Crippen LogP contribution in [0.4, 0.5) is 0 Å². The van der Waals surface area contributed by atoms with Crippen LogP contribution in [0.3, 0.4) is 0 Å². The van der Waals surface area contributed by atoms with Crippen molar-refractivity contribution in [1.29, 1.82) is 0 Å². The number of nitrogens with zero attached hydrogens (tertiary/aromatic N) is 3. The molecule has 0 saturated heterocycles. The Bertz CT molecular complexity index is 958. The van der Waals surface area contributed by atoms with Crippen LogP contribution in [0, 0.1) is 0 Å². The van der Waals surface area contributed by atoms with Gasteiger partial charge < -0.3 is 4.74 Å². The van der Waals surface area contributed by atoms with Gasteiger partial charge in [0.05, 0.1) is 0 Å². The number of benzene rings is 1. The quantitative estimate of drug-likeness (QED) is 0.297. The number of thiophene rings is 1. The number of amidine groups is 1. The number of nitrogens with one attached hydrogen (secondary N) is 2. The number of ether oxygens (including phenoxy) is 1. The van der Waals surface area contributed by atoms with E-state index in [1.165, 1.54) is 28.7 Å². The van der Waals surface area contributed by atoms with Crippen molar-refractivity contribution in [3.8, 4) is 5.75 Å². The summed E-state index contributed by atoms with van der Waals surface area (Å²) in [5.74, 6) is 0.379. The standard InChI is InChI=1S/C16H14Cl2N6O2S/c17-11-2-1-10(12(18)5-11)7-26-13-3-4-27-15(13)16(25)23-22-14(19)6-24-9-20-8-21-24/h1-5,8-9H,6-7H2,(H2,19,22)(H,23,25)/p+1. The number of hydrazine groups is 1. The summed E-state index contributed by atoms with van der Waals surface area (Å²) in [6.45, 7) is 0.476. The first-order chi connectivity index (χ1) is 13.0. The zero-order valence-corrected chi connectivity index (χ0v) is 16.2. The third kappa shape index (κ3) is 5.19. The van der Waals surface area contributed by atoms with Gasteiger partial charge in [-0.1, -0.05) is 29.3 Å². The summed E-state index contributed by atoms with van der Waals surface area (Å²) >= 11 is 13.3. The van der Waals surface area contributed by atoms with E-state index in [-0.39, 0.29) is 19.1 Å². The third-order valence-corrected chi connectivity index (χ3v) is 4.85. The van der Waals surface area contributed by atoms with Crippen LogP contribution in [0.15, 0.2) is 42.3 Å². The van der Waals surface area contributed by atoms with Gasteiger partial charge in [-0.3, -0.25) is 10.5 Å². The Kier molecular flexibility index (Phi) is 6.28. The first kappa shape index (κ1) is 19.2. The van der Waals surface area contributed by atoms with Crippen LogP contribution < -0.4 is 21.0 Å². The Morgan fingerprint density at radius 2 is 2.22 bits per heavy atom. The lowest BCUT2D eigenvalue weighted by Gasteiger charge is -2.08. The van der Waals surface area contributed by atoms with Gasteiger partial charge in [0.25, 0.3) is 11.7 Å². The van der Waals surface area contributed by atoms with E-state index in [4.69, 9.17) is 33.7 Å². The van der Waals surface area contributed by atoms with E-state index in [0.717, 1.165) is 5.56 Å². The number of carbonyl (C=O) groups excluding carboxylic acids is 1. The van der Waals surface area contributed by atoms with E-state index >= 15 is 0 Å². The highest BCUT2D eigenvalue weighted by Gasteiger charge is 2.16. The molecular formula is C16H15Cl2N6O2S+. The molecule has 1 amide bonds. The lowest BCUT2D eigenvalue weighted by Crippen LogP contribution is -2.86. The fourth-order valence-electron chi connectivity index (χ4n) is 2.09. The average Bonchev–Trinajstić information content (AvgIpc) is 3.30. The van der Waals surface area contributed by atoms with Crippen molar-refractivity contribution < 1.29 is 14.6 Å². The summed E-state index contributed by atoms with van der Waals surface area (Å²) in [5, 5.41) is 9.38. The van der Waals surface area contributed by atoms with Crippen LogP contribution in [0.25, 0.3) is 0 Å². The van der Waals surface area contributed by atoms with E-state index < -0.39 is 0 Å². The minimum atomic E-state index is -0.372. The predicted molar refractivity (Wildman–Crippen MR) is 103 cm³/mol. The molecule has 0 unspecified atom stereocenters. The van der Waals surface area contributed by atoms with Gasteiger partial charge in [0.15, 0.2) is 0 Å². The molecule has 0 radical (unpaired) electrons. The van der Waals surface area contributed by atoms with Gasteiger partial charge in [0.1, 0.15) is 36.4 Å². The molecule has 8 nitrogen and oxygen atoms in total. The number of hydrogen-bond acceptors (Lipinski definition) is 5. The fourth-order valence-corrected chi connectivity index (χ4v) is 3.29. The SMILES string of the molecule is NC(Cn1cncn1)=[NH+]NC(=O)c1sccc1OCc1ccc(Cl)cc1Cl. The largest absolute Gasteiger partial charge is 0.487 e. The van der Waals surface area contributed by atoms with Gasteiger partial charge in [-0.05, 0) is 23.6 Å². The minimum Gasteiger partial charge on any atom is -0.487 e. The molecule has 2 aromatic heterocycles. The lowest BCUT2D eigenvalue weighted by atomic mass is 10.2. The number of hydrogen-bond donors (Lipinski definition) is 3. The molecule has 0 fully saturated rings. The summed E-state index contributed by atoms with van der Waals surface area (Å²) in [6, 6.07) is 6.86. The van der Waals surface area contributed by atoms with Crippen LogP contribution in [-0.4, -0.2) is 26.5 Å². The van der Waals surface area contributed by atoms with Gasteiger partial charge in [-0.25, -0.2) is 9.67 Å². The number of aromatic nitrogens is 3. The number of amides is 1. The average molecular weight is 426 g/mol. The van der Waals surface area contributed by atoms with Crippen molar-refractivity contribution in [1.82, 2.24) is 20.2 Å². The number of nitrogens with two attached hydrogens (primary N) is 1. The molecular weight excluding hydrogens is 411 g/mol. The van der Waals surface area contributed by atoms with Crippen LogP contribution in [0.2, 0.25) is 10.0 Å². The summed E-state index contributed by atoms with van der Waals surface area (Å²) < 4.78 is 7.25. The van der Waals surface area contributed by atoms with Crippen LogP contribution in [0.1, 0.15) is 15.2 Å². The molecule has 0 spiro atoms. The van der Waals surface area contributed by atoms with Gasteiger partial charge in [0.2, 0.25) is 0 Å². The highest BCUT2D eigenvalue weighted by molar-refractivity contribution is 7.12. The molecule has 27 heavy (non-hydrogen) atoms. The Labute approximate surface area is 168 Å². The fraction of sp³-hybridized carbons (Fsp3) is 0.125. The Balaban J connectivity index is 1.61. The smallest absolute Gasteiger partial charge is 0.299 e. The van der Waals surface area contributed by atoms with Gasteiger partial charge in [-0.15, -0.1) is 11.3 Å². The van der Waals surface area contributed by atoms with Gasteiger partial charge in [0, 0.05) is 15.6 Å². The second-order valence-corrected chi connectivity index (χ2v) is 7.10. The van der Waals surface area contributed by atoms with Crippen LogP contribution in [-0.2, 0) is 13.2 Å². The Morgan fingerprint density at radius 1 is 1.37 bits per heavy atom.